The van der Waals surface area contributed by atoms with Crippen LogP contribution in [0.5, 0.6) is 0 Å². The molecule has 0 amide bonds. The molecule has 0 spiro atoms. The lowest BCUT2D eigenvalue weighted by Crippen LogP contribution is -2.19. The van der Waals surface area contributed by atoms with Crippen molar-refractivity contribution in [2.45, 2.75) is 24.4 Å². The minimum absolute atomic E-state index is 0.132. The summed E-state index contributed by atoms with van der Waals surface area (Å²) in [6.07, 6.45) is -1.67. The van der Waals surface area contributed by atoms with Gasteiger partial charge in [-0.05, 0) is 25.0 Å². The highest BCUT2D eigenvalue weighted by molar-refractivity contribution is 5.72. The Kier molecular flexibility index (Phi) is 2.06. The molecule has 1 heterocycles. The summed E-state index contributed by atoms with van der Waals surface area (Å²) in [4.78, 5) is 14.5. The monoisotopic (exact) mass is 215 g/mol. The maximum absolute atomic E-state index is 12.6. The molecular formula is C10H8F3NO. The van der Waals surface area contributed by atoms with Gasteiger partial charge in [0.2, 0.25) is 0 Å². The van der Waals surface area contributed by atoms with Crippen molar-refractivity contribution in [3.05, 3.63) is 29.6 Å². The van der Waals surface area contributed by atoms with E-state index < -0.39 is 17.2 Å². The van der Waals surface area contributed by atoms with E-state index in [1.807, 2.05) is 0 Å². The molecule has 0 bridgehead atoms. The second-order valence-electron chi connectivity index (χ2n) is 3.67. The molecule has 0 N–H and O–H groups in total. The lowest BCUT2D eigenvalue weighted by molar-refractivity contribution is -0.138. The molecule has 1 aliphatic rings. The quantitative estimate of drug-likeness (QED) is 0.708. The predicted molar refractivity (Wildman–Crippen MR) is 46.2 cm³/mol. The molecule has 1 aromatic heterocycles. The Bertz CT molecular complexity index is 396. The van der Waals surface area contributed by atoms with Crippen LogP contribution in [0, 0.1) is 0 Å². The Balaban J connectivity index is 2.52. The summed E-state index contributed by atoms with van der Waals surface area (Å²) in [7, 11) is 0. The average Bonchev–Trinajstić information content (AvgIpc) is 2.97. The molecule has 2 rings (SSSR count). The number of aromatic nitrogens is 1. The summed E-state index contributed by atoms with van der Waals surface area (Å²) >= 11 is 0. The third-order valence-corrected chi connectivity index (χ3v) is 2.60. The molecule has 0 aromatic carbocycles. The molecule has 2 nitrogen and oxygen atoms in total. The third-order valence-electron chi connectivity index (χ3n) is 2.60. The molecule has 0 radical (unpaired) electrons. The Morgan fingerprint density at radius 2 is 2.07 bits per heavy atom. The zero-order chi connectivity index (χ0) is 11.1. The summed E-state index contributed by atoms with van der Waals surface area (Å²) in [6, 6.07) is 2.19. The van der Waals surface area contributed by atoms with Gasteiger partial charge in [0.05, 0.1) is 16.7 Å². The van der Waals surface area contributed by atoms with Gasteiger partial charge < -0.3 is 4.79 Å². The SMILES string of the molecule is O=CC1(c2ncccc2C(F)(F)F)CC1. The van der Waals surface area contributed by atoms with E-state index in [1.54, 1.807) is 0 Å². The van der Waals surface area contributed by atoms with E-state index in [2.05, 4.69) is 4.98 Å². The van der Waals surface area contributed by atoms with Gasteiger partial charge in [0.25, 0.3) is 0 Å². The average molecular weight is 215 g/mol. The van der Waals surface area contributed by atoms with Crippen molar-refractivity contribution in [2.75, 3.05) is 0 Å². The number of carbonyl (C=O) groups excluding carboxylic acids is 1. The van der Waals surface area contributed by atoms with Crippen LogP contribution in [-0.4, -0.2) is 11.3 Å². The van der Waals surface area contributed by atoms with Crippen LogP contribution in [0.25, 0.3) is 0 Å². The van der Waals surface area contributed by atoms with Gasteiger partial charge >= 0.3 is 6.18 Å². The van der Waals surface area contributed by atoms with E-state index in [9.17, 15) is 18.0 Å². The van der Waals surface area contributed by atoms with Crippen molar-refractivity contribution in [1.82, 2.24) is 4.98 Å². The van der Waals surface area contributed by atoms with Gasteiger partial charge in [-0.25, -0.2) is 0 Å². The van der Waals surface area contributed by atoms with Crippen LogP contribution in [-0.2, 0) is 16.4 Å². The zero-order valence-electron chi connectivity index (χ0n) is 7.71. The summed E-state index contributed by atoms with van der Waals surface area (Å²) in [5.41, 5.74) is -1.91. The normalized spacial score (nSPS) is 18.6. The van der Waals surface area contributed by atoms with Crippen molar-refractivity contribution < 1.29 is 18.0 Å². The largest absolute Gasteiger partial charge is 0.418 e. The fraction of sp³-hybridized carbons (Fsp3) is 0.400. The van der Waals surface area contributed by atoms with E-state index in [4.69, 9.17) is 0 Å². The standard InChI is InChI=1S/C10H8F3NO/c11-10(12,13)7-2-1-5-14-8(7)9(6-15)3-4-9/h1-2,5-6H,3-4H2. The Morgan fingerprint density at radius 1 is 1.40 bits per heavy atom. The number of halogens is 3. The number of alkyl halides is 3. The Morgan fingerprint density at radius 3 is 2.53 bits per heavy atom. The van der Waals surface area contributed by atoms with Crippen molar-refractivity contribution in [2.24, 2.45) is 0 Å². The van der Waals surface area contributed by atoms with E-state index in [0.29, 0.717) is 19.1 Å². The van der Waals surface area contributed by atoms with Gasteiger partial charge in [-0.1, -0.05) is 0 Å². The predicted octanol–water partition coefficient (Wildman–Crippen LogP) is 2.33. The number of pyridine rings is 1. The summed E-state index contributed by atoms with van der Waals surface area (Å²) in [6.45, 7) is 0. The fourth-order valence-electron chi connectivity index (χ4n) is 1.58. The minimum Gasteiger partial charge on any atom is -0.302 e. The van der Waals surface area contributed by atoms with Crippen molar-refractivity contribution in [1.29, 1.82) is 0 Å². The van der Waals surface area contributed by atoms with Crippen LogP contribution in [0.4, 0.5) is 13.2 Å². The number of carbonyl (C=O) groups is 1. The highest BCUT2D eigenvalue weighted by Crippen LogP contribution is 2.49. The molecule has 0 saturated heterocycles. The van der Waals surface area contributed by atoms with E-state index in [0.717, 1.165) is 6.07 Å². The minimum atomic E-state index is -4.44. The van der Waals surface area contributed by atoms with Gasteiger partial charge in [-0.2, -0.15) is 13.2 Å². The topological polar surface area (TPSA) is 30.0 Å². The summed E-state index contributed by atoms with van der Waals surface area (Å²) in [5.74, 6) is 0. The Hall–Kier alpha value is -1.39. The molecule has 5 heteroatoms. The van der Waals surface area contributed by atoms with Crippen molar-refractivity contribution in [3.8, 4) is 0 Å². The second kappa shape index (κ2) is 3.05. The van der Waals surface area contributed by atoms with Crippen LogP contribution >= 0.6 is 0 Å². The lowest BCUT2D eigenvalue weighted by Gasteiger charge is -2.14. The third kappa shape index (κ3) is 1.62. The molecule has 1 fully saturated rings. The highest BCUT2D eigenvalue weighted by atomic mass is 19.4. The molecular weight excluding hydrogens is 207 g/mol. The maximum Gasteiger partial charge on any atom is 0.418 e. The van der Waals surface area contributed by atoms with Crippen molar-refractivity contribution >= 4 is 6.29 Å². The van der Waals surface area contributed by atoms with Crippen LogP contribution in [0.1, 0.15) is 24.1 Å². The molecule has 0 aliphatic heterocycles. The molecule has 1 aliphatic carbocycles. The molecule has 15 heavy (non-hydrogen) atoms. The number of aldehydes is 1. The van der Waals surface area contributed by atoms with E-state index >= 15 is 0 Å². The highest BCUT2D eigenvalue weighted by Gasteiger charge is 2.50. The number of hydrogen-bond acceptors (Lipinski definition) is 2. The first-order valence-electron chi connectivity index (χ1n) is 4.49. The molecule has 0 unspecified atom stereocenters. The van der Waals surface area contributed by atoms with E-state index in [-0.39, 0.29) is 5.69 Å². The molecule has 1 aromatic rings. The molecule has 1 saturated carbocycles. The zero-order valence-corrected chi connectivity index (χ0v) is 7.71. The number of rotatable bonds is 2. The van der Waals surface area contributed by atoms with Crippen LogP contribution in [0.15, 0.2) is 18.3 Å². The summed E-state index contributed by atoms with van der Waals surface area (Å²) in [5, 5.41) is 0. The van der Waals surface area contributed by atoms with Gasteiger partial charge in [0.15, 0.2) is 0 Å². The molecule has 0 atom stereocenters. The van der Waals surface area contributed by atoms with Gasteiger partial charge in [-0.15, -0.1) is 0 Å². The Labute approximate surface area is 84.1 Å². The first-order chi connectivity index (χ1) is 6.99. The van der Waals surface area contributed by atoms with Gasteiger partial charge in [0.1, 0.15) is 6.29 Å². The van der Waals surface area contributed by atoms with E-state index in [1.165, 1.54) is 12.3 Å². The fourth-order valence-corrected chi connectivity index (χ4v) is 1.58. The maximum atomic E-state index is 12.6. The van der Waals surface area contributed by atoms with Crippen LogP contribution in [0.3, 0.4) is 0 Å². The van der Waals surface area contributed by atoms with Crippen LogP contribution in [0.2, 0.25) is 0 Å². The smallest absolute Gasteiger partial charge is 0.302 e. The summed E-state index contributed by atoms with van der Waals surface area (Å²) < 4.78 is 37.8. The van der Waals surface area contributed by atoms with Crippen molar-refractivity contribution in [3.63, 3.8) is 0 Å². The number of hydrogen-bond donors (Lipinski definition) is 0. The second-order valence-corrected chi connectivity index (χ2v) is 3.67. The first-order valence-corrected chi connectivity index (χ1v) is 4.49. The lowest BCUT2D eigenvalue weighted by atomic mass is 9.98. The first kappa shape index (κ1) is 10.1. The van der Waals surface area contributed by atoms with Gasteiger partial charge in [-0.3, -0.25) is 4.98 Å². The molecule has 80 valence electrons. The van der Waals surface area contributed by atoms with Crippen LogP contribution < -0.4 is 0 Å². The van der Waals surface area contributed by atoms with Gasteiger partial charge in [0, 0.05) is 6.20 Å². The number of nitrogens with zero attached hydrogens (tertiary/aromatic N) is 1.